The second kappa shape index (κ2) is 6.25. The number of hydrogen-bond acceptors (Lipinski definition) is 2. The third-order valence-corrected chi connectivity index (χ3v) is 3.95. The first-order valence-electron chi connectivity index (χ1n) is 6.62. The zero-order valence-electron chi connectivity index (χ0n) is 11.5. The van der Waals surface area contributed by atoms with Gasteiger partial charge in [0.25, 0.3) is 0 Å². The Morgan fingerprint density at radius 3 is 1.91 bits per heavy atom. The van der Waals surface area contributed by atoms with Crippen LogP contribution in [0.5, 0.6) is 0 Å². The topological polar surface area (TPSA) is 50.4 Å². The molecule has 0 amide bonds. The molecule has 2 aromatic carbocycles. The van der Waals surface area contributed by atoms with Crippen molar-refractivity contribution < 1.29 is 17.6 Å². The van der Waals surface area contributed by atoms with Crippen molar-refractivity contribution in [1.82, 2.24) is 0 Å². The summed E-state index contributed by atoms with van der Waals surface area (Å²) in [5.74, 6) is -0.175. The Morgan fingerprint density at radius 2 is 1.41 bits per heavy atom. The van der Waals surface area contributed by atoms with Gasteiger partial charge in [-0.1, -0.05) is 36.4 Å². The highest BCUT2D eigenvalue weighted by Gasteiger charge is 2.10. The van der Waals surface area contributed by atoms with Crippen LogP contribution in [-0.4, -0.2) is 8.76 Å². The van der Waals surface area contributed by atoms with E-state index in [-0.39, 0.29) is 11.6 Å². The summed E-state index contributed by atoms with van der Waals surface area (Å²) >= 11 is -1.85. The molecule has 0 radical (unpaired) electrons. The molecule has 0 saturated heterocycles. The quantitative estimate of drug-likeness (QED) is 0.722. The normalized spacial score (nSPS) is 12.3. The molecule has 3 rings (SSSR count). The van der Waals surface area contributed by atoms with Gasteiger partial charge in [0.1, 0.15) is 5.82 Å². The van der Waals surface area contributed by atoms with Gasteiger partial charge in [0, 0.05) is 11.1 Å². The molecule has 1 N–H and O–H groups in total. The molecule has 5 heteroatoms. The molecule has 1 aromatic heterocycles. The van der Waals surface area contributed by atoms with Crippen molar-refractivity contribution >= 4 is 11.1 Å². The fourth-order valence-electron chi connectivity index (χ4n) is 2.30. The van der Waals surface area contributed by atoms with Gasteiger partial charge in [-0.2, -0.15) is 0 Å². The first kappa shape index (κ1) is 14.7. The molecule has 0 bridgehead atoms. The Morgan fingerprint density at radius 1 is 0.909 bits per heavy atom. The Kier molecular flexibility index (Phi) is 4.18. The lowest BCUT2D eigenvalue weighted by atomic mass is 9.98. The summed E-state index contributed by atoms with van der Waals surface area (Å²) in [5.41, 5.74) is 4.35. The minimum atomic E-state index is -1.85. The number of benzene rings is 2. The summed E-state index contributed by atoms with van der Waals surface area (Å²) in [6, 6.07) is 13.6. The van der Waals surface area contributed by atoms with E-state index in [1.54, 1.807) is 24.7 Å². The second-order valence-corrected chi connectivity index (χ2v) is 5.80. The molecule has 1 unspecified atom stereocenters. The molecule has 3 nitrogen and oxygen atoms in total. The zero-order valence-corrected chi connectivity index (χ0v) is 12.3. The first-order chi connectivity index (χ1) is 10.6. The lowest BCUT2D eigenvalue weighted by molar-refractivity contribution is 0.563. The van der Waals surface area contributed by atoms with Crippen molar-refractivity contribution in [3.63, 3.8) is 0 Å². The number of halogens is 1. The number of rotatable bonds is 4. The summed E-state index contributed by atoms with van der Waals surface area (Å²) in [6.07, 6.45) is 3.26. The zero-order chi connectivity index (χ0) is 15.5. The predicted molar refractivity (Wildman–Crippen MR) is 84.0 cm³/mol. The van der Waals surface area contributed by atoms with Crippen LogP contribution in [0, 0.1) is 5.82 Å². The van der Waals surface area contributed by atoms with Crippen molar-refractivity contribution in [2.24, 2.45) is 0 Å². The molecule has 3 aromatic rings. The fraction of sp³-hybridized carbons (Fsp3) is 0.0588. The molecule has 0 aliphatic rings. The molecule has 22 heavy (non-hydrogen) atoms. The largest absolute Gasteiger partial charge is 0.471 e. The standard InChI is InChI=1S/C17H13FO3S/c18-15-7-5-14(6-8-15)17-10-21-9-16(17)13-3-1-12(2-4-13)11-22(19)20/h1-10H,11H2,(H,19,20). The summed E-state index contributed by atoms with van der Waals surface area (Å²) in [7, 11) is 0. The lowest BCUT2D eigenvalue weighted by Gasteiger charge is -2.05. The average molecular weight is 316 g/mol. The minimum Gasteiger partial charge on any atom is -0.471 e. The molecule has 0 fully saturated rings. The first-order valence-corrected chi connectivity index (χ1v) is 7.90. The van der Waals surface area contributed by atoms with Crippen molar-refractivity contribution in [1.29, 1.82) is 0 Å². The Balaban J connectivity index is 1.94. The van der Waals surface area contributed by atoms with E-state index in [0.717, 1.165) is 27.8 Å². The molecule has 1 heterocycles. The smallest absolute Gasteiger partial charge is 0.157 e. The summed E-state index contributed by atoms with van der Waals surface area (Å²) in [6.45, 7) is 0. The van der Waals surface area contributed by atoms with Gasteiger partial charge < -0.3 is 8.97 Å². The van der Waals surface area contributed by atoms with Crippen molar-refractivity contribution in [3.8, 4) is 22.3 Å². The van der Waals surface area contributed by atoms with Gasteiger partial charge in [0.2, 0.25) is 0 Å². The minimum absolute atomic E-state index is 0.108. The van der Waals surface area contributed by atoms with Crippen LogP contribution in [0.2, 0.25) is 0 Å². The van der Waals surface area contributed by atoms with Gasteiger partial charge in [-0.25, -0.2) is 8.60 Å². The van der Waals surface area contributed by atoms with Crippen LogP contribution in [0.3, 0.4) is 0 Å². The maximum absolute atomic E-state index is 13.0. The average Bonchev–Trinajstić information content (AvgIpc) is 2.97. The van der Waals surface area contributed by atoms with Gasteiger partial charge in [-0.3, -0.25) is 0 Å². The summed E-state index contributed by atoms with van der Waals surface area (Å²) < 4.78 is 38.0. The van der Waals surface area contributed by atoms with E-state index in [1.807, 2.05) is 24.3 Å². The molecule has 0 aliphatic carbocycles. The Hall–Kier alpha value is -2.24. The van der Waals surface area contributed by atoms with Gasteiger partial charge in [-0.05, 0) is 28.8 Å². The molecular weight excluding hydrogens is 303 g/mol. The fourth-order valence-corrected chi connectivity index (χ4v) is 2.77. The monoisotopic (exact) mass is 316 g/mol. The van der Waals surface area contributed by atoms with Gasteiger partial charge in [0.15, 0.2) is 11.1 Å². The second-order valence-electron chi connectivity index (χ2n) is 4.87. The molecule has 0 saturated carbocycles. The highest BCUT2D eigenvalue weighted by atomic mass is 32.2. The van der Waals surface area contributed by atoms with E-state index in [1.165, 1.54) is 12.1 Å². The van der Waals surface area contributed by atoms with E-state index in [4.69, 9.17) is 8.97 Å². The van der Waals surface area contributed by atoms with Crippen molar-refractivity contribution in [2.45, 2.75) is 5.75 Å². The van der Waals surface area contributed by atoms with E-state index >= 15 is 0 Å². The predicted octanol–water partition coefficient (Wildman–Crippen LogP) is 4.47. The van der Waals surface area contributed by atoms with E-state index in [9.17, 15) is 8.60 Å². The highest BCUT2D eigenvalue weighted by Crippen LogP contribution is 2.33. The molecular formula is C17H13FO3S. The molecule has 0 spiro atoms. The third-order valence-electron chi connectivity index (χ3n) is 3.37. The number of furan rings is 1. The van der Waals surface area contributed by atoms with Crippen LogP contribution >= 0.6 is 0 Å². The SMILES string of the molecule is O=S(O)Cc1ccc(-c2cocc2-c2ccc(F)cc2)cc1. The summed E-state index contributed by atoms with van der Waals surface area (Å²) in [5, 5.41) is 0. The Bertz CT molecular complexity index is 792. The maximum atomic E-state index is 13.0. The van der Waals surface area contributed by atoms with Crippen LogP contribution in [0.15, 0.2) is 65.5 Å². The lowest BCUT2D eigenvalue weighted by Crippen LogP contribution is -1.92. The third kappa shape index (κ3) is 3.16. The van der Waals surface area contributed by atoms with Crippen LogP contribution in [0.1, 0.15) is 5.56 Å². The maximum Gasteiger partial charge on any atom is 0.157 e. The number of hydrogen-bond donors (Lipinski definition) is 1. The Labute approximate surface area is 129 Å². The van der Waals surface area contributed by atoms with E-state index < -0.39 is 11.1 Å². The molecule has 0 aliphatic heterocycles. The van der Waals surface area contributed by atoms with Gasteiger partial charge >= 0.3 is 0 Å². The van der Waals surface area contributed by atoms with Crippen LogP contribution in [0.4, 0.5) is 4.39 Å². The van der Waals surface area contributed by atoms with Crippen LogP contribution in [0.25, 0.3) is 22.3 Å². The summed E-state index contributed by atoms with van der Waals surface area (Å²) in [4.78, 5) is 0. The van der Waals surface area contributed by atoms with Crippen molar-refractivity contribution in [2.75, 3.05) is 0 Å². The van der Waals surface area contributed by atoms with Gasteiger partial charge in [-0.15, -0.1) is 0 Å². The highest BCUT2D eigenvalue weighted by molar-refractivity contribution is 7.78. The van der Waals surface area contributed by atoms with E-state index in [2.05, 4.69) is 0 Å². The van der Waals surface area contributed by atoms with Gasteiger partial charge in [0.05, 0.1) is 18.3 Å². The molecule has 112 valence electrons. The van der Waals surface area contributed by atoms with Crippen LogP contribution in [-0.2, 0) is 16.8 Å². The van der Waals surface area contributed by atoms with E-state index in [0.29, 0.717) is 0 Å². The van der Waals surface area contributed by atoms with Crippen LogP contribution < -0.4 is 0 Å². The van der Waals surface area contributed by atoms with Crippen molar-refractivity contribution in [3.05, 3.63) is 72.4 Å². The molecule has 1 atom stereocenters.